The predicted octanol–water partition coefficient (Wildman–Crippen LogP) is 5.18. The van der Waals surface area contributed by atoms with Crippen LogP contribution in [0.4, 0.5) is 5.69 Å². The van der Waals surface area contributed by atoms with E-state index in [1.807, 2.05) is 26.8 Å². The lowest BCUT2D eigenvalue weighted by Gasteiger charge is -2.32. The quantitative estimate of drug-likeness (QED) is 0.316. The molecule has 0 fully saturated rings. The maximum absolute atomic E-state index is 14.0. The summed E-state index contributed by atoms with van der Waals surface area (Å²) in [6, 6.07) is 18.9. The van der Waals surface area contributed by atoms with Gasteiger partial charge in [-0.2, -0.15) is 0 Å². The number of carbonyl (C=O) groups is 2. The van der Waals surface area contributed by atoms with Gasteiger partial charge in [0, 0.05) is 17.6 Å². The van der Waals surface area contributed by atoms with Crippen molar-refractivity contribution in [3.63, 3.8) is 0 Å². The molecule has 0 heterocycles. The van der Waals surface area contributed by atoms with Crippen LogP contribution in [0.5, 0.6) is 5.75 Å². The van der Waals surface area contributed by atoms with Gasteiger partial charge in [0.1, 0.15) is 18.3 Å². The van der Waals surface area contributed by atoms with Crippen molar-refractivity contribution < 1.29 is 22.7 Å². The molecule has 8 nitrogen and oxygen atoms in total. The number of hydrogen-bond donors (Lipinski definition) is 1. The number of methoxy groups -OCH3 is 1. The fourth-order valence-corrected chi connectivity index (χ4v) is 5.53. The summed E-state index contributed by atoms with van der Waals surface area (Å²) in [5.74, 6) is -0.256. The molecule has 1 N–H and O–H groups in total. The molecule has 0 aliphatic rings. The van der Waals surface area contributed by atoms with Gasteiger partial charge in [-0.05, 0) is 81.3 Å². The summed E-state index contributed by atoms with van der Waals surface area (Å²) < 4.78 is 34.1. The third-order valence-electron chi connectivity index (χ3n) is 6.66. The number of nitrogens with zero attached hydrogens (tertiary/aromatic N) is 2. The summed E-state index contributed by atoms with van der Waals surface area (Å²) in [6.07, 6.45) is 0.725. The highest BCUT2D eigenvalue weighted by Gasteiger charge is 2.32. The van der Waals surface area contributed by atoms with Gasteiger partial charge in [-0.3, -0.25) is 13.9 Å². The second-order valence-corrected chi connectivity index (χ2v) is 12.0. The zero-order valence-corrected chi connectivity index (χ0v) is 25.0. The first-order valence-electron chi connectivity index (χ1n) is 13.0. The summed E-state index contributed by atoms with van der Waals surface area (Å²) in [4.78, 5) is 28.5. The predicted molar refractivity (Wildman–Crippen MR) is 158 cm³/mol. The first-order chi connectivity index (χ1) is 19.0. The number of benzene rings is 3. The molecule has 2 amide bonds. The molecule has 0 aliphatic heterocycles. The maximum atomic E-state index is 14.0. The molecule has 0 aliphatic carbocycles. The highest BCUT2D eigenvalue weighted by atomic mass is 35.5. The minimum atomic E-state index is -4.16. The molecular weight excluding hydrogens is 550 g/mol. The summed E-state index contributed by atoms with van der Waals surface area (Å²) in [5, 5.41) is 3.31. The average Bonchev–Trinajstić information content (AvgIpc) is 2.94. The molecule has 3 aromatic carbocycles. The van der Waals surface area contributed by atoms with Gasteiger partial charge in [-0.25, -0.2) is 8.42 Å². The average molecular weight is 586 g/mol. The number of hydrogen-bond acceptors (Lipinski definition) is 5. The number of aryl methyl sites for hydroxylation is 1. The summed E-state index contributed by atoms with van der Waals surface area (Å²) in [7, 11) is -2.61. The Morgan fingerprint density at radius 2 is 1.65 bits per heavy atom. The Morgan fingerprint density at radius 1 is 1.00 bits per heavy atom. The molecule has 0 aromatic heterocycles. The standard InChI is InChI=1S/C30H36ClN3O5S/c1-6-22(3)32-30(36)23(4)33(19-24-8-7-9-27(18-24)39-5)29(35)20-34(26-14-10-21(2)11-15-26)40(37,38)28-16-12-25(31)13-17-28/h7-18,22-23H,6,19-20H2,1-5H3,(H,32,36). The molecule has 0 saturated carbocycles. The molecule has 10 heteroatoms. The Labute approximate surface area is 241 Å². The highest BCUT2D eigenvalue weighted by Crippen LogP contribution is 2.26. The number of anilines is 1. The van der Waals surface area contributed by atoms with Gasteiger partial charge < -0.3 is 15.0 Å². The van der Waals surface area contributed by atoms with Crippen LogP contribution in [0.1, 0.15) is 38.3 Å². The van der Waals surface area contributed by atoms with Gasteiger partial charge >= 0.3 is 0 Å². The molecule has 0 spiro atoms. The van der Waals surface area contributed by atoms with Crippen LogP contribution in [0, 0.1) is 6.92 Å². The Bertz CT molecular complexity index is 1410. The molecule has 40 heavy (non-hydrogen) atoms. The van der Waals surface area contributed by atoms with Gasteiger partial charge in [0.25, 0.3) is 10.0 Å². The van der Waals surface area contributed by atoms with Crippen molar-refractivity contribution in [3.8, 4) is 5.75 Å². The first kappa shape index (κ1) is 31.0. The monoisotopic (exact) mass is 585 g/mol. The van der Waals surface area contributed by atoms with Crippen LogP contribution in [-0.2, 0) is 26.2 Å². The van der Waals surface area contributed by atoms with E-state index in [-0.39, 0.29) is 23.4 Å². The molecule has 2 atom stereocenters. The second-order valence-electron chi connectivity index (χ2n) is 9.67. The van der Waals surface area contributed by atoms with Gasteiger partial charge in [0.15, 0.2) is 0 Å². The third-order valence-corrected chi connectivity index (χ3v) is 8.70. The summed E-state index contributed by atoms with van der Waals surface area (Å²) in [6.45, 7) is 6.93. The van der Waals surface area contributed by atoms with Crippen molar-refractivity contribution in [2.24, 2.45) is 0 Å². The lowest BCUT2D eigenvalue weighted by molar-refractivity contribution is -0.139. The molecule has 0 saturated heterocycles. The van der Waals surface area contributed by atoms with Gasteiger partial charge in [0.05, 0.1) is 17.7 Å². The lowest BCUT2D eigenvalue weighted by Crippen LogP contribution is -2.52. The van der Waals surface area contributed by atoms with Gasteiger partial charge in [-0.1, -0.05) is 48.4 Å². The van der Waals surface area contributed by atoms with E-state index in [1.54, 1.807) is 56.5 Å². The number of rotatable bonds is 12. The van der Waals surface area contributed by atoms with Crippen molar-refractivity contribution in [3.05, 3.63) is 88.9 Å². The number of halogens is 1. The van der Waals surface area contributed by atoms with Crippen molar-refractivity contribution in [1.82, 2.24) is 10.2 Å². The summed E-state index contributed by atoms with van der Waals surface area (Å²) >= 11 is 6.00. The molecule has 0 bridgehead atoms. The molecule has 214 valence electrons. The van der Waals surface area contributed by atoms with E-state index >= 15 is 0 Å². The molecule has 3 rings (SSSR count). The van der Waals surface area contributed by atoms with Crippen LogP contribution in [0.15, 0.2) is 77.7 Å². The van der Waals surface area contributed by atoms with E-state index in [1.165, 1.54) is 29.2 Å². The Kier molecular flexibility index (Phi) is 10.6. The smallest absolute Gasteiger partial charge is 0.264 e. The number of amides is 2. The minimum Gasteiger partial charge on any atom is -0.497 e. The van der Waals surface area contributed by atoms with E-state index < -0.39 is 28.5 Å². The maximum Gasteiger partial charge on any atom is 0.264 e. The minimum absolute atomic E-state index is 0.00724. The number of sulfonamides is 1. The molecule has 0 radical (unpaired) electrons. The zero-order valence-electron chi connectivity index (χ0n) is 23.4. The molecule has 2 unspecified atom stereocenters. The van der Waals surface area contributed by atoms with Crippen LogP contribution in [0.2, 0.25) is 5.02 Å². The Morgan fingerprint density at radius 3 is 2.25 bits per heavy atom. The third kappa shape index (κ3) is 7.76. The van der Waals surface area contributed by atoms with Crippen LogP contribution < -0.4 is 14.4 Å². The van der Waals surface area contributed by atoms with E-state index in [9.17, 15) is 18.0 Å². The largest absolute Gasteiger partial charge is 0.497 e. The summed E-state index contributed by atoms with van der Waals surface area (Å²) in [5.41, 5.74) is 2.00. The first-order valence-corrected chi connectivity index (χ1v) is 14.9. The lowest BCUT2D eigenvalue weighted by atomic mass is 10.1. The van der Waals surface area contributed by atoms with Crippen LogP contribution in [0.3, 0.4) is 0 Å². The fourth-order valence-electron chi connectivity index (χ4n) is 3.99. The molecular formula is C30H36ClN3O5S. The Balaban J connectivity index is 2.03. The number of carbonyl (C=O) groups excluding carboxylic acids is 2. The second kappa shape index (κ2) is 13.7. The number of nitrogens with one attached hydrogen (secondary N) is 1. The van der Waals surface area contributed by atoms with E-state index in [0.29, 0.717) is 16.5 Å². The van der Waals surface area contributed by atoms with Crippen molar-refractivity contribution >= 4 is 39.1 Å². The van der Waals surface area contributed by atoms with Crippen molar-refractivity contribution in [2.75, 3.05) is 18.0 Å². The van der Waals surface area contributed by atoms with E-state index in [2.05, 4.69) is 5.32 Å². The van der Waals surface area contributed by atoms with Crippen LogP contribution in [0.25, 0.3) is 0 Å². The number of ether oxygens (including phenoxy) is 1. The van der Waals surface area contributed by atoms with Crippen molar-refractivity contribution in [1.29, 1.82) is 0 Å². The SMILES string of the molecule is CCC(C)NC(=O)C(C)N(Cc1cccc(OC)c1)C(=O)CN(c1ccc(C)cc1)S(=O)(=O)c1ccc(Cl)cc1. The van der Waals surface area contributed by atoms with Crippen LogP contribution >= 0.6 is 11.6 Å². The Hall–Kier alpha value is -3.56. The fraction of sp³-hybridized carbons (Fsp3) is 0.333. The van der Waals surface area contributed by atoms with Crippen LogP contribution in [-0.4, -0.2) is 50.9 Å². The topological polar surface area (TPSA) is 96.0 Å². The highest BCUT2D eigenvalue weighted by molar-refractivity contribution is 7.92. The normalized spacial score (nSPS) is 12.8. The molecule has 3 aromatic rings. The van der Waals surface area contributed by atoms with Gasteiger partial charge in [0.2, 0.25) is 11.8 Å². The van der Waals surface area contributed by atoms with E-state index in [4.69, 9.17) is 16.3 Å². The van der Waals surface area contributed by atoms with Crippen molar-refractivity contribution in [2.45, 2.75) is 57.6 Å². The van der Waals surface area contributed by atoms with Gasteiger partial charge in [-0.15, -0.1) is 0 Å². The van der Waals surface area contributed by atoms with E-state index in [0.717, 1.165) is 21.9 Å². The zero-order chi connectivity index (χ0) is 29.4.